The van der Waals surface area contributed by atoms with Crippen LogP contribution in [0.15, 0.2) is 29.6 Å². The normalized spacial score (nSPS) is 12.0. The van der Waals surface area contributed by atoms with Gasteiger partial charge in [-0.15, -0.1) is 0 Å². The minimum Gasteiger partial charge on any atom is -0.352 e. The Morgan fingerprint density at radius 1 is 1.24 bits per heavy atom. The van der Waals surface area contributed by atoms with Crippen LogP contribution < -0.4 is 10.0 Å². The second-order valence-electron chi connectivity index (χ2n) is 4.91. The number of hydrogen-bond acceptors (Lipinski definition) is 4. The van der Waals surface area contributed by atoms with Gasteiger partial charge in [-0.3, -0.25) is 4.68 Å². The minimum absolute atomic E-state index is 0.230. The average molecular weight is 311 g/mol. The molecule has 0 aromatic carbocycles. The monoisotopic (exact) mass is 311 g/mol. The summed E-state index contributed by atoms with van der Waals surface area (Å²) in [6, 6.07) is 1.69. The Morgan fingerprint density at radius 3 is 2.62 bits per heavy atom. The van der Waals surface area contributed by atoms with Crippen molar-refractivity contribution < 1.29 is 8.42 Å². The van der Waals surface area contributed by atoms with Gasteiger partial charge in [0.15, 0.2) is 0 Å². The summed E-state index contributed by atoms with van der Waals surface area (Å²) in [7, 11) is 0.122. The van der Waals surface area contributed by atoms with Crippen molar-refractivity contribution in [1.82, 2.24) is 24.4 Å². The number of nitrogens with one attached hydrogen (secondary N) is 2. The van der Waals surface area contributed by atoms with Crippen LogP contribution in [0.5, 0.6) is 0 Å². The van der Waals surface area contributed by atoms with E-state index in [1.807, 2.05) is 18.5 Å². The predicted octanol–water partition coefficient (Wildman–Crippen LogP) is 0.347. The molecule has 2 aromatic heterocycles. The molecule has 0 aliphatic carbocycles. The summed E-state index contributed by atoms with van der Waals surface area (Å²) in [6.45, 7) is 3.72. The van der Waals surface area contributed by atoms with E-state index in [9.17, 15) is 8.42 Å². The van der Waals surface area contributed by atoms with Gasteiger partial charge in [-0.2, -0.15) is 5.10 Å². The number of rotatable bonds is 7. The van der Waals surface area contributed by atoms with Crippen molar-refractivity contribution in [2.24, 2.45) is 14.1 Å². The van der Waals surface area contributed by atoms with E-state index in [0.717, 1.165) is 17.8 Å². The first-order valence-electron chi connectivity index (χ1n) is 6.75. The average Bonchev–Trinajstić information content (AvgIpc) is 3.01. The maximum absolute atomic E-state index is 12.3. The van der Waals surface area contributed by atoms with Gasteiger partial charge in [-0.05, 0) is 12.6 Å². The van der Waals surface area contributed by atoms with Gasteiger partial charge in [0.2, 0.25) is 10.0 Å². The summed E-state index contributed by atoms with van der Waals surface area (Å²) in [4.78, 5) is 0.279. The highest BCUT2D eigenvalue weighted by Gasteiger charge is 2.17. The van der Waals surface area contributed by atoms with Crippen LogP contribution in [0.3, 0.4) is 0 Å². The fraction of sp³-hybridized carbons (Fsp3) is 0.462. The molecule has 2 aromatic rings. The van der Waals surface area contributed by atoms with E-state index >= 15 is 0 Å². The predicted molar refractivity (Wildman–Crippen MR) is 80.0 cm³/mol. The Bertz CT molecular complexity index is 702. The lowest BCUT2D eigenvalue weighted by Crippen LogP contribution is -2.22. The first kappa shape index (κ1) is 15.7. The fourth-order valence-corrected chi connectivity index (χ4v) is 3.09. The second kappa shape index (κ2) is 6.42. The molecule has 0 radical (unpaired) electrons. The largest absolute Gasteiger partial charge is 0.352 e. The molecular formula is C13H21N5O2S. The quantitative estimate of drug-likeness (QED) is 0.773. The van der Waals surface area contributed by atoms with Gasteiger partial charge < -0.3 is 9.88 Å². The van der Waals surface area contributed by atoms with E-state index in [1.165, 1.54) is 0 Å². The Balaban J connectivity index is 2.08. The Kier molecular flexibility index (Phi) is 4.81. The molecule has 8 heteroatoms. The van der Waals surface area contributed by atoms with Crippen molar-refractivity contribution in [3.05, 3.63) is 35.9 Å². The zero-order chi connectivity index (χ0) is 15.5. The van der Waals surface area contributed by atoms with Crippen molar-refractivity contribution in [3.8, 4) is 0 Å². The van der Waals surface area contributed by atoms with Gasteiger partial charge in [0.1, 0.15) is 0 Å². The standard InChI is InChI=1S/C13H21N5O2S/c1-4-14-8-12-5-13(10-17(12)2)21(19,20)16-7-11-6-15-18(3)9-11/h5-6,9-10,14,16H,4,7-8H2,1-3H3. The molecule has 0 fully saturated rings. The number of aromatic nitrogens is 3. The summed E-state index contributed by atoms with van der Waals surface area (Å²) in [5.41, 5.74) is 1.75. The molecule has 0 saturated heterocycles. The highest BCUT2D eigenvalue weighted by Crippen LogP contribution is 2.14. The summed E-state index contributed by atoms with van der Waals surface area (Å²) in [5, 5.41) is 7.20. The molecule has 116 valence electrons. The first-order valence-corrected chi connectivity index (χ1v) is 8.24. The minimum atomic E-state index is -3.51. The molecule has 2 N–H and O–H groups in total. The van der Waals surface area contributed by atoms with E-state index in [2.05, 4.69) is 15.1 Å². The number of hydrogen-bond donors (Lipinski definition) is 2. The van der Waals surface area contributed by atoms with Crippen LogP contribution >= 0.6 is 0 Å². The summed E-state index contributed by atoms with van der Waals surface area (Å²) in [5.74, 6) is 0. The number of aryl methyl sites for hydroxylation is 2. The molecule has 2 rings (SSSR count). The maximum Gasteiger partial charge on any atom is 0.242 e. The van der Waals surface area contributed by atoms with Gasteiger partial charge >= 0.3 is 0 Å². The van der Waals surface area contributed by atoms with Crippen molar-refractivity contribution in [2.75, 3.05) is 6.54 Å². The summed E-state index contributed by atoms with van der Waals surface area (Å²) in [6.07, 6.45) is 5.05. The zero-order valence-electron chi connectivity index (χ0n) is 12.5. The van der Waals surface area contributed by atoms with Gasteiger partial charge in [0, 0.05) is 50.8 Å². The Morgan fingerprint density at radius 2 is 2.00 bits per heavy atom. The van der Waals surface area contributed by atoms with E-state index in [-0.39, 0.29) is 11.4 Å². The van der Waals surface area contributed by atoms with Crippen LogP contribution in [0.1, 0.15) is 18.2 Å². The number of nitrogens with zero attached hydrogens (tertiary/aromatic N) is 3. The third kappa shape index (κ3) is 3.93. The fourth-order valence-electron chi connectivity index (χ4n) is 1.98. The highest BCUT2D eigenvalue weighted by molar-refractivity contribution is 7.89. The van der Waals surface area contributed by atoms with E-state index in [0.29, 0.717) is 6.54 Å². The molecule has 0 aliphatic heterocycles. The van der Waals surface area contributed by atoms with E-state index in [1.54, 1.807) is 36.4 Å². The first-order chi connectivity index (χ1) is 9.92. The molecular weight excluding hydrogens is 290 g/mol. The van der Waals surface area contributed by atoms with Crippen molar-refractivity contribution in [1.29, 1.82) is 0 Å². The maximum atomic E-state index is 12.3. The molecule has 2 heterocycles. The lowest BCUT2D eigenvalue weighted by atomic mass is 10.4. The molecule has 0 unspecified atom stereocenters. The number of sulfonamides is 1. The molecule has 0 spiro atoms. The Hall–Kier alpha value is -1.64. The topological polar surface area (TPSA) is 81.0 Å². The molecule has 0 saturated carbocycles. The smallest absolute Gasteiger partial charge is 0.242 e. The van der Waals surface area contributed by atoms with Crippen LogP contribution in [0.4, 0.5) is 0 Å². The van der Waals surface area contributed by atoms with E-state index < -0.39 is 10.0 Å². The molecule has 0 aliphatic rings. The summed E-state index contributed by atoms with van der Waals surface area (Å²) >= 11 is 0. The van der Waals surface area contributed by atoms with Crippen LogP contribution in [0.25, 0.3) is 0 Å². The molecule has 0 amide bonds. The van der Waals surface area contributed by atoms with E-state index in [4.69, 9.17) is 0 Å². The van der Waals surface area contributed by atoms with Crippen molar-refractivity contribution in [3.63, 3.8) is 0 Å². The third-order valence-electron chi connectivity index (χ3n) is 3.17. The second-order valence-corrected chi connectivity index (χ2v) is 6.67. The van der Waals surface area contributed by atoms with Crippen LogP contribution in [0, 0.1) is 0 Å². The van der Waals surface area contributed by atoms with Gasteiger partial charge in [-0.25, -0.2) is 13.1 Å². The van der Waals surface area contributed by atoms with Crippen molar-refractivity contribution >= 4 is 10.0 Å². The molecule has 0 bridgehead atoms. The molecule has 7 nitrogen and oxygen atoms in total. The highest BCUT2D eigenvalue weighted by atomic mass is 32.2. The van der Waals surface area contributed by atoms with Crippen LogP contribution in [-0.4, -0.2) is 29.3 Å². The molecule has 21 heavy (non-hydrogen) atoms. The van der Waals surface area contributed by atoms with Gasteiger partial charge in [0.05, 0.1) is 11.1 Å². The van der Waals surface area contributed by atoms with Gasteiger partial charge in [-0.1, -0.05) is 6.92 Å². The summed E-state index contributed by atoms with van der Waals surface area (Å²) < 4.78 is 30.6. The van der Waals surface area contributed by atoms with Crippen molar-refractivity contribution in [2.45, 2.75) is 24.9 Å². The lowest BCUT2D eigenvalue weighted by Gasteiger charge is -2.02. The van der Waals surface area contributed by atoms with Crippen LogP contribution in [-0.2, 0) is 37.2 Å². The SMILES string of the molecule is CCNCc1cc(S(=O)(=O)NCc2cnn(C)c2)cn1C. The third-order valence-corrected chi connectivity index (χ3v) is 4.54. The Labute approximate surface area is 125 Å². The lowest BCUT2D eigenvalue weighted by molar-refractivity contribution is 0.581. The van der Waals surface area contributed by atoms with Gasteiger partial charge in [0.25, 0.3) is 0 Å². The molecule has 0 atom stereocenters. The van der Waals surface area contributed by atoms with Crippen LogP contribution in [0.2, 0.25) is 0 Å². The zero-order valence-corrected chi connectivity index (χ0v) is 13.3.